The van der Waals surface area contributed by atoms with E-state index < -0.39 is 0 Å². The molecule has 7 nitrogen and oxygen atoms in total. The van der Waals surface area contributed by atoms with E-state index in [-0.39, 0.29) is 11.5 Å². The predicted octanol–water partition coefficient (Wildman–Crippen LogP) is 7.06. The first kappa shape index (κ1) is 27.6. The minimum Gasteiger partial charge on any atom is -0.494 e. The molecule has 0 aliphatic carbocycles. The van der Waals surface area contributed by atoms with E-state index >= 15 is 0 Å². The Morgan fingerprint density at radius 1 is 1.05 bits per heavy atom. The number of aryl methyl sites for hydroxylation is 2. The topological polar surface area (TPSA) is 85.2 Å². The fraction of sp³-hybridized carbons (Fsp3) is 0.235. The van der Waals surface area contributed by atoms with Crippen LogP contribution in [-0.2, 0) is 0 Å². The van der Waals surface area contributed by atoms with Gasteiger partial charge in [-0.25, -0.2) is 4.98 Å². The molecule has 7 heteroatoms. The molecule has 41 heavy (non-hydrogen) atoms. The number of fused-ring (bicyclic) bond motifs is 1. The predicted molar refractivity (Wildman–Crippen MR) is 164 cm³/mol. The van der Waals surface area contributed by atoms with Gasteiger partial charge < -0.3 is 9.30 Å². The van der Waals surface area contributed by atoms with E-state index in [1.165, 1.54) is 4.68 Å². The lowest BCUT2D eigenvalue weighted by Gasteiger charge is -2.18. The third kappa shape index (κ3) is 5.17. The minimum absolute atomic E-state index is 0.215. The van der Waals surface area contributed by atoms with Crippen LogP contribution in [0.2, 0.25) is 0 Å². The van der Waals surface area contributed by atoms with Crippen molar-refractivity contribution in [3.8, 4) is 28.9 Å². The molecule has 5 rings (SSSR count). The van der Waals surface area contributed by atoms with E-state index in [1.807, 2.05) is 70.2 Å². The summed E-state index contributed by atoms with van der Waals surface area (Å²) in [4.78, 5) is 18.8. The zero-order valence-corrected chi connectivity index (χ0v) is 24.3. The van der Waals surface area contributed by atoms with Gasteiger partial charge in [-0.3, -0.25) is 4.79 Å². The molecule has 206 valence electrons. The van der Waals surface area contributed by atoms with Crippen LogP contribution in [0.1, 0.15) is 60.3 Å². The number of hydrogen-bond acceptors (Lipinski definition) is 5. The second kappa shape index (κ2) is 11.3. The van der Waals surface area contributed by atoms with Crippen LogP contribution in [0.3, 0.4) is 0 Å². The standard InChI is InChI=1S/C34H33N5O2/c1-7-41-32-16-22(4)30(18-29(32)21(2)3)33-37-31-11-9-8-10-28(31)34(40)39(33)36-20-26-17-23(5)38(24(26)6)27-14-12-25(19-35)13-15-27/h8-18,20-21H,7H2,1-6H3. The fourth-order valence-electron chi connectivity index (χ4n) is 5.20. The molecule has 0 radical (unpaired) electrons. The zero-order chi connectivity index (χ0) is 29.3. The summed E-state index contributed by atoms with van der Waals surface area (Å²) in [7, 11) is 0. The first-order valence-corrected chi connectivity index (χ1v) is 13.8. The summed E-state index contributed by atoms with van der Waals surface area (Å²) in [5.74, 6) is 1.54. The number of hydrogen-bond donors (Lipinski definition) is 0. The molecule has 0 spiro atoms. The lowest BCUT2D eigenvalue weighted by molar-refractivity contribution is 0.335. The van der Waals surface area contributed by atoms with Gasteiger partial charge in [0.05, 0.1) is 35.4 Å². The molecule has 0 fully saturated rings. The molecule has 0 bridgehead atoms. The van der Waals surface area contributed by atoms with Crippen LogP contribution in [0.5, 0.6) is 5.75 Å². The van der Waals surface area contributed by atoms with Gasteiger partial charge in [-0.05, 0) is 99.3 Å². The highest BCUT2D eigenvalue weighted by Crippen LogP contribution is 2.34. The summed E-state index contributed by atoms with van der Waals surface area (Å²) in [5, 5.41) is 14.4. The third-order valence-electron chi connectivity index (χ3n) is 7.31. The second-order valence-corrected chi connectivity index (χ2v) is 10.4. The van der Waals surface area contributed by atoms with Gasteiger partial charge >= 0.3 is 0 Å². The maximum absolute atomic E-state index is 13.8. The van der Waals surface area contributed by atoms with Crippen molar-refractivity contribution >= 4 is 17.1 Å². The largest absolute Gasteiger partial charge is 0.494 e. The molecule has 2 heterocycles. The molecule has 5 aromatic rings. The monoisotopic (exact) mass is 543 g/mol. The summed E-state index contributed by atoms with van der Waals surface area (Å²) in [5.41, 5.74) is 7.65. The molecule has 0 aliphatic rings. The Balaban J connectivity index is 1.68. The van der Waals surface area contributed by atoms with Crippen LogP contribution < -0.4 is 10.3 Å². The summed E-state index contributed by atoms with van der Waals surface area (Å²) in [6.45, 7) is 12.8. The van der Waals surface area contributed by atoms with Gasteiger partial charge in [0.15, 0.2) is 5.82 Å². The van der Waals surface area contributed by atoms with E-state index in [0.29, 0.717) is 28.9 Å². The number of rotatable bonds is 7. The number of aromatic nitrogens is 3. The van der Waals surface area contributed by atoms with E-state index in [9.17, 15) is 4.79 Å². The van der Waals surface area contributed by atoms with Crippen LogP contribution in [0, 0.1) is 32.1 Å². The highest BCUT2D eigenvalue weighted by atomic mass is 16.5. The zero-order valence-electron chi connectivity index (χ0n) is 24.3. The Hall–Kier alpha value is -4.96. The first-order chi connectivity index (χ1) is 19.7. The first-order valence-electron chi connectivity index (χ1n) is 13.8. The van der Waals surface area contributed by atoms with Crippen molar-refractivity contribution in [3.05, 3.63) is 111 Å². The van der Waals surface area contributed by atoms with Crippen molar-refractivity contribution in [2.75, 3.05) is 6.61 Å². The van der Waals surface area contributed by atoms with Crippen molar-refractivity contribution in [2.24, 2.45) is 5.10 Å². The molecule has 0 saturated carbocycles. The Morgan fingerprint density at radius 3 is 2.46 bits per heavy atom. The summed E-state index contributed by atoms with van der Waals surface area (Å²) in [6, 6.07) is 23.1. The number of nitriles is 1. The maximum Gasteiger partial charge on any atom is 0.282 e. The second-order valence-electron chi connectivity index (χ2n) is 10.4. The molecular weight excluding hydrogens is 510 g/mol. The Morgan fingerprint density at radius 2 is 1.78 bits per heavy atom. The van der Waals surface area contributed by atoms with Gasteiger partial charge in [0.1, 0.15) is 5.75 Å². The number of benzene rings is 3. The average Bonchev–Trinajstić information content (AvgIpc) is 3.25. The van der Waals surface area contributed by atoms with Crippen LogP contribution in [0.4, 0.5) is 0 Å². The van der Waals surface area contributed by atoms with E-state index in [2.05, 4.69) is 30.6 Å². The summed E-state index contributed by atoms with van der Waals surface area (Å²) in [6.07, 6.45) is 1.72. The molecule has 0 unspecified atom stereocenters. The lowest BCUT2D eigenvalue weighted by atomic mass is 9.96. The van der Waals surface area contributed by atoms with Gasteiger partial charge in [-0.15, -0.1) is 0 Å². The van der Waals surface area contributed by atoms with Crippen LogP contribution in [0.15, 0.2) is 76.6 Å². The van der Waals surface area contributed by atoms with Crippen molar-refractivity contribution in [1.82, 2.24) is 14.2 Å². The number of nitrogens with zero attached hydrogens (tertiary/aromatic N) is 5. The highest BCUT2D eigenvalue weighted by Gasteiger charge is 2.19. The molecule has 0 N–H and O–H groups in total. The van der Waals surface area contributed by atoms with Crippen molar-refractivity contribution in [2.45, 2.75) is 47.5 Å². The SMILES string of the molecule is CCOc1cc(C)c(-c2nc3ccccc3c(=O)n2N=Cc2cc(C)n(-c3ccc(C#N)cc3)c2C)cc1C(C)C. The average molecular weight is 544 g/mol. The molecule has 0 atom stereocenters. The molecule has 3 aromatic carbocycles. The maximum atomic E-state index is 13.8. The van der Waals surface area contributed by atoms with Gasteiger partial charge in [-0.1, -0.05) is 26.0 Å². The highest BCUT2D eigenvalue weighted by molar-refractivity contribution is 5.84. The molecule has 0 amide bonds. The number of para-hydroxylation sites is 1. The smallest absolute Gasteiger partial charge is 0.282 e. The Labute approximate surface area is 240 Å². The van der Waals surface area contributed by atoms with Gasteiger partial charge in [0, 0.05) is 28.2 Å². The fourth-order valence-corrected chi connectivity index (χ4v) is 5.20. The van der Waals surface area contributed by atoms with Crippen molar-refractivity contribution in [3.63, 3.8) is 0 Å². The van der Waals surface area contributed by atoms with Crippen molar-refractivity contribution in [1.29, 1.82) is 5.26 Å². The van der Waals surface area contributed by atoms with Crippen LogP contribution in [0.25, 0.3) is 28.0 Å². The molecule has 0 aliphatic heterocycles. The Bertz CT molecular complexity index is 1890. The quantitative estimate of drug-likeness (QED) is 0.206. The van der Waals surface area contributed by atoms with Crippen LogP contribution in [-0.4, -0.2) is 27.0 Å². The van der Waals surface area contributed by atoms with E-state index in [1.54, 1.807) is 24.4 Å². The van der Waals surface area contributed by atoms with Crippen LogP contribution >= 0.6 is 0 Å². The molecule has 0 saturated heterocycles. The molecular formula is C34H33N5O2. The minimum atomic E-state index is -0.234. The van der Waals surface area contributed by atoms with Gasteiger partial charge in [0.2, 0.25) is 0 Å². The Kier molecular flexibility index (Phi) is 7.58. The molecule has 2 aromatic heterocycles. The normalized spacial score (nSPS) is 11.5. The van der Waals surface area contributed by atoms with Gasteiger partial charge in [-0.2, -0.15) is 15.0 Å². The summed E-state index contributed by atoms with van der Waals surface area (Å²) < 4.78 is 9.45. The summed E-state index contributed by atoms with van der Waals surface area (Å²) >= 11 is 0. The van der Waals surface area contributed by atoms with Crippen molar-refractivity contribution < 1.29 is 4.74 Å². The van der Waals surface area contributed by atoms with E-state index in [4.69, 9.17) is 20.1 Å². The number of ether oxygens (including phenoxy) is 1. The van der Waals surface area contributed by atoms with Gasteiger partial charge in [0.25, 0.3) is 5.56 Å². The lowest BCUT2D eigenvalue weighted by Crippen LogP contribution is -2.21. The van der Waals surface area contributed by atoms with E-state index in [0.717, 1.165) is 45.1 Å². The third-order valence-corrected chi connectivity index (χ3v) is 7.31.